The molecule has 1 amide bonds. The molecule has 4 heteroatoms. The maximum Gasteiger partial charge on any atom is 0.272 e. The smallest absolute Gasteiger partial charge is 0.272 e. The van der Waals surface area contributed by atoms with E-state index in [0.29, 0.717) is 5.69 Å². The quantitative estimate of drug-likeness (QED) is 0.803. The van der Waals surface area contributed by atoms with E-state index < -0.39 is 0 Å². The van der Waals surface area contributed by atoms with E-state index in [0.717, 1.165) is 57.5 Å². The molecule has 0 unspecified atom stereocenters. The molecule has 0 N–H and O–H groups in total. The molecular formula is C18H29N3O. The van der Waals surface area contributed by atoms with Crippen molar-refractivity contribution in [2.45, 2.75) is 52.4 Å². The number of carbonyl (C=O) groups excluding carboxylic acids is 1. The van der Waals surface area contributed by atoms with Crippen molar-refractivity contribution in [2.75, 3.05) is 31.1 Å². The van der Waals surface area contributed by atoms with E-state index in [1.807, 2.05) is 23.2 Å². The summed E-state index contributed by atoms with van der Waals surface area (Å²) in [5.41, 5.74) is 1.70. The summed E-state index contributed by atoms with van der Waals surface area (Å²) in [5.74, 6) is 0.0889. The van der Waals surface area contributed by atoms with Gasteiger partial charge in [0.2, 0.25) is 0 Å². The molecule has 0 aromatic carbocycles. The Morgan fingerprint density at radius 1 is 1.09 bits per heavy atom. The highest BCUT2D eigenvalue weighted by molar-refractivity contribution is 5.92. The lowest BCUT2D eigenvalue weighted by molar-refractivity contribution is 0.0756. The van der Waals surface area contributed by atoms with Crippen LogP contribution in [0.15, 0.2) is 18.3 Å². The van der Waals surface area contributed by atoms with Crippen LogP contribution < -0.4 is 4.90 Å². The van der Waals surface area contributed by atoms with Crippen molar-refractivity contribution in [1.29, 1.82) is 0 Å². The first-order valence-corrected chi connectivity index (χ1v) is 8.76. The number of carbonyl (C=O) groups is 1. The van der Waals surface area contributed by atoms with Crippen LogP contribution in [0.3, 0.4) is 0 Å². The highest BCUT2D eigenvalue weighted by atomic mass is 16.2. The maximum absolute atomic E-state index is 12.5. The summed E-state index contributed by atoms with van der Waals surface area (Å²) in [6.45, 7) is 8.20. The third kappa shape index (κ3) is 4.46. The molecular weight excluding hydrogens is 274 g/mol. The minimum atomic E-state index is 0.0889. The molecule has 0 saturated carbocycles. The number of amides is 1. The Bertz CT molecular complexity index is 444. The Kier molecular flexibility index (Phi) is 6.69. The molecule has 0 bridgehead atoms. The molecule has 1 aliphatic rings. The summed E-state index contributed by atoms with van der Waals surface area (Å²) in [6.07, 6.45) is 8.80. The molecule has 0 spiro atoms. The highest BCUT2D eigenvalue weighted by Gasteiger charge is 2.18. The number of hydrogen-bond acceptors (Lipinski definition) is 3. The first-order chi connectivity index (χ1) is 10.8. The predicted molar refractivity (Wildman–Crippen MR) is 91.4 cm³/mol. The van der Waals surface area contributed by atoms with E-state index in [1.165, 1.54) is 12.8 Å². The van der Waals surface area contributed by atoms with Gasteiger partial charge in [0.25, 0.3) is 5.91 Å². The Hall–Kier alpha value is -1.58. The van der Waals surface area contributed by atoms with Crippen LogP contribution in [-0.4, -0.2) is 42.0 Å². The van der Waals surface area contributed by atoms with Crippen LogP contribution in [-0.2, 0) is 0 Å². The summed E-state index contributed by atoms with van der Waals surface area (Å²) in [5, 5.41) is 0. The fourth-order valence-electron chi connectivity index (χ4n) is 3.05. The molecule has 2 rings (SSSR count). The first kappa shape index (κ1) is 16.8. The summed E-state index contributed by atoms with van der Waals surface area (Å²) in [6, 6.07) is 3.93. The van der Waals surface area contributed by atoms with E-state index >= 15 is 0 Å². The second-order valence-electron chi connectivity index (χ2n) is 6.10. The van der Waals surface area contributed by atoms with Gasteiger partial charge in [-0.1, -0.05) is 26.7 Å². The van der Waals surface area contributed by atoms with Gasteiger partial charge in [0.1, 0.15) is 5.69 Å². The molecule has 0 atom stereocenters. The van der Waals surface area contributed by atoms with Crippen LogP contribution in [0, 0.1) is 0 Å². The molecule has 1 fully saturated rings. The van der Waals surface area contributed by atoms with Gasteiger partial charge in [-0.3, -0.25) is 4.79 Å². The molecule has 1 aromatic rings. The van der Waals surface area contributed by atoms with Gasteiger partial charge in [-0.2, -0.15) is 0 Å². The second kappa shape index (κ2) is 8.76. The van der Waals surface area contributed by atoms with E-state index in [4.69, 9.17) is 0 Å². The number of anilines is 1. The van der Waals surface area contributed by atoms with Gasteiger partial charge >= 0.3 is 0 Å². The normalized spacial score (nSPS) is 15.5. The standard InChI is InChI=1S/C18H29N3O/c1-3-11-20(12-4-2)16-9-10-17(19-15-16)18(22)21-13-7-5-6-8-14-21/h9-10,15H,3-8,11-14H2,1-2H3. The van der Waals surface area contributed by atoms with Crippen molar-refractivity contribution in [3.8, 4) is 0 Å². The van der Waals surface area contributed by atoms with Gasteiger partial charge in [0.15, 0.2) is 0 Å². The molecule has 1 saturated heterocycles. The lowest BCUT2D eigenvalue weighted by Crippen LogP contribution is -2.32. The molecule has 1 aromatic heterocycles. The zero-order chi connectivity index (χ0) is 15.8. The predicted octanol–water partition coefficient (Wildman–Crippen LogP) is 3.72. The minimum Gasteiger partial charge on any atom is -0.370 e. The Morgan fingerprint density at radius 3 is 2.23 bits per heavy atom. The van der Waals surface area contributed by atoms with Crippen molar-refractivity contribution in [3.05, 3.63) is 24.0 Å². The van der Waals surface area contributed by atoms with Gasteiger partial charge in [0.05, 0.1) is 11.9 Å². The van der Waals surface area contributed by atoms with Crippen LogP contribution >= 0.6 is 0 Å². The number of rotatable bonds is 6. The van der Waals surface area contributed by atoms with Crippen molar-refractivity contribution in [1.82, 2.24) is 9.88 Å². The molecule has 0 radical (unpaired) electrons. The number of nitrogens with zero attached hydrogens (tertiary/aromatic N) is 3. The number of hydrogen-bond donors (Lipinski definition) is 0. The average molecular weight is 303 g/mol. The fraction of sp³-hybridized carbons (Fsp3) is 0.667. The van der Waals surface area contributed by atoms with E-state index in [1.54, 1.807) is 0 Å². The van der Waals surface area contributed by atoms with Crippen molar-refractivity contribution in [2.24, 2.45) is 0 Å². The summed E-state index contributed by atoms with van der Waals surface area (Å²) >= 11 is 0. The van der Waals surface area contributed by atoms with Crippen LogP contribution in [0.2, 0.25) is 0 Å². The maximum atomic E-state index is 12.5. The summed E-state index contributed by atoms with van der Waals surface area (Å²) in [4.78, 5) is 21.3. The van der Waals surface area contributed by atoms with E-state index in [-0.39, 0.29) is 5.91 Å². The SMILES string of the molecule is CCCN(CCC)c1ccc(C(=O)N2CCCCCC2)nc1. The van der Waals surface area contributed by atoms with E-state index in [9.17, 15) is 4.79 Å². The van der Waals surface area contributed by atoms with Crippen LogP contribution in [0.5, 0.6) is 0 Å². The number of pyridine rings is 1. The second-order valence-corrected chi connectivity index (χ2v) is 6.10. The minimum absolute atomic E-state index is 0.0889. The Balaban J connectivity index is 2.04. The van der Waals surface area contributed by atoms with Crippen LogP contribution in [0.4, 0.5) is 5.69 Å². The molecule has 122 valence electrons. The molecule has 0 aliphatic carbocycles. The third-order valence-corrected chi connectivity index (χ3v) is 4.21. The highest BCUT2D eigenvalue weighted by Crippen LogP contribution is 2.16. The lowest BCUT2D eigenvalue weighted by Gasteiger charge is -2.24. The van der Waals surface area contributed by atoms with Gasteiger partial charge in [-0.25, -0.2) is 4.98 Å². The van der Waals surface area contributed by atoms with Gasteiger partial charge in [-0.05, 0) is 37.8 Å². The Morgan fingerprint density at radius 2 is 1.73 bits per heavy atom. The number of likely N-dealkylation sites (tertiary alicyclic amines) is 1. The summed E-state index contributed by atoms with van der Waals surface area (Å²) in [7, 11) is 0. The van der Waals surface area contributed by atoms with Crippen molar-refractivity contribution in [3.63, 3.8) is 0 Å². The topological polar surface area (TPSA) is 36.4 Å². The molecule has 4 nitrogen and oxygen atoms in total. The van der Waals surface area contributed by atoms with Crippen molar-refractivity contribution < 1.29 is 4.79 Å². The average Bonchev–Trinajstić information content (AvgIpc) is 2.83. The first-order valence-electron chi connectivity index (χ1n) is 8.76. The molecule has 2 heterocycles. The number of aromatic nitrogens is 1. The Labute approximate surface area is 134 Å². The fourth-order valence-corrected chi connectivity index (χ4v) is 3.05. The van der Waals surface area contributed by atoms with Gasteiger partial charge in [-0.15, -0.1) is 0 Å². The largest absolute Gasteiger partial charge is 0.370 e. The van der Waals surface area contributed by atoms with E-state index in [2.05, 4.69) is 23.7 Å². The zero-order valence-corrected chi connectivity index (χ0v) is 14.1. The zero-order valence-electron chi connectivity index (χ0n) is 14.1. The monoisotopic (exact) mass is 303 g/mol. The van der Waals surface area contributed by atoms with Crippen molar-refractivity contribution >= 4 is 11.6 Å². The van der Waals surface area contributed by atoms with Crippen LogP contribution in [0.1, 0.15) is 62.9 Å². The van der Waals surface area contributed by atoms with Gasteiger partial charge < -0.3 is 9.80 Å². The molecule has 22 heavy (non-hydrogen) atoms. The lowest BCUT2D eigenvalue weighted by atomic mass is 10.2. The molecule has 1 aliphatic heterocycles. The van der Waals surface area contributed by atoms with Gasteiger partial charge in [0, 0.05) is 26.2 Å². The third-order valence-electron chi connectivity index (χ3n) is 4.21. The summed E-state index contributed by atoms with van der Waals surface area (Å²) < 4.78 is 0. The van der Waals surface area contributed by atoms with Crippen LogP contribution in [0.25, 0.3) is 0 Å².